The van der Waals surface area contributed by atoms with Crippen LogP contribution in [0.1, 0.15) is 17.5 Å². The standard InChI is InChI=1S/C47H36N2O2/c1-3-12-33(13-4-1)37-18-11-19-38(47(37)49-36-14-5-2-6-15-36)35-23-25-42-41-24-22-34(32-26-28-48-29-27-32)30-45(41)50-43-20-9-7-16-39(43)40-17-8-10-21-44(40)51-46(42)31-35/h1-20,22-28,30-31,44,48-49H,21,29H2. The zero-order chi connectivity index (χ0) is 34.0. The fraction of sp³-hybridized carbons (Fsp3) is 0.0638. The van der Waals surface area contributed by atoms with Gasteiger partial charge in [-0.3, -0.25) is 0 Å². The second-order valence-corrected chi connectivity index (χ2v) is 12.9. The lowest BCUT2D eigenvalue weighted by Gasteiger charge is -2.28. The summed E-state index contributed by atoms with van der Waals surface area (Å²) in [5.41, 5.74) is 12.9. The molecule has 4 nitrogen and oxygen atoms in total. The molecule has 1 atom stereocenters. The van der Waals surface area contributed by atoms with Crippen LogP contribution in [-0.2, 0) is 0 Å². The van der Waals surface area contributed by atoms with Crippen LogP contribution in [0.2, 0.25) is 0 Å². The van der Waals surface area contributed by atoms with Gasteiger partial charge in [0.1, 0.15) is 23.4 Å². The van der Waals surface area contributed by atoms with Crippen LogP contribution in [0.3, 0.4) is 0 Å². The minimum atomic E-state index is -0.183. The first-order valence-corrected chi connectivity index (χ1v) is 17.5. The second kappa shape index (κ2) is 13.4. The van der Waals surface area contributed by atoms with Gasteiger partial charge in [0, 0.05) is 52.0 Å². The summed E-state index contributed by atoms with van der Waals surface area (Å²) in [4.78, 5) is 0. The lowest BCUT2D eigenvalue weighted by molar-refractivity contribution is 0.261. The van der Waals surface area contributed by atoms with Gasteiger partial charge >= 0.3 is 0 Å². The molecule has 9 rings (SSSR count). The van der Waals surface area contributed by atoms with Crippen molar-refractivity contribution in [2.24, 2.45) is 0 Å². The molecule has 0 spiro atoms. The highest BCUT2D eigenvalue weighted by Gasteiger charge is 2.27. The molecule has 6 aromatic rings. The summed E-state index contributed by atoms with van der Waals surface area (Å²) in [6.07, 6.45) is 13.3. The molecule has 0 bridgehead atoms. The van der Waals surface area contributed by atoms with Crippen molar-refractivity contribution in [1.29, 1.82) is 0 Å². The zero-order valence-electron chi connectivity index (χ0n) is 28.1. The van der Waals surface area contributed by atoms with Crippen molar-refractivity contribution in [3.05, 3.63) is 187 Å². The Kier molecular flexibility index (Phi) is 8.03. The van der Waals surface area contributed by atoms with Gasteiger partial charge in [0.15, 0.2) is 0 Å². The average Bonchev–Trinajstić information content (AvgIpc) is 3.19. The number of fused-ring (bicyclic) bond motifs is 6. The Morgan fingerprint density at radius 2 is 1.29 bits per heavy atom. The Labute approximate surface area is 298 Å². The van der Waals surface area contributed by atoms with Gasteiger partial charge in [-0.1, -0.05) is 121 Å². The van der Waals surface area contributed by atoms with Crippen molar-refractivity contribution in [2.75, 3.05) is 11.9 Å². The fourth-order valence-electron chi connectivity index (χ4n) is 7.19. The van der Waals surface area contributed by atoms with E-state index < -0.39 is 0 Å². The molecule has 51 heavy (non-hydrogen) atoms. The number of benzene rings is 6. The summed E-state index contributed by atoms with van der Waals surface area (Å²) >= 11 is 0. The van der Waals surface area contributed by atoms with Gasteiger partial charge in [0.2, 0.25) is 0 Å². The summed E-state index contributed by atoms with van der Waals surface area (Å²) in [6, 6.07) is 48.8. The maximum atomic E-state index is 7.15. The molecule has 1 aliphatic carbocycles. The number of dihydropyridines is 1. The van der Waals surface area contributed by atoms with Gasteiger partial charge in [0.05, 0.1) is 5.69 Å². The maximum Gasteiger partial charge on any atom is 0.136 e. The summed E-state index contributed by atoms with van der Waals surface area (Å²) < 4.78 is 14.1. The third-order valence-electron chi connectivity index (χ3n) is 9.71. The number of anilines is 2. The van der Waals surface area contributed by atoms with Crippen LogP contribution in [0, 0.1) is 0 Å². The predicted molar refractivity (Wildman–Crippen MR) is 210 cm³/mol. The van der Waals surface area contributed by atoms with Gasteiger partial charge in [-0.2, -0.15) is 0 Å². The summed E-state index contributed by atoms with van der Waals surface area (Å²) in [5, 5.41) is 7.03. The molecule has 0 amide bonds. The predicted octanol–water partition coefficient (Wildman–Crippen LogP) is 11.8. The van der Waals surface area contributed by atoms with Crippen molar-refractivity contribution in [1.82, 2.24) is 5.32 Å². The molecule has 0 fully saturated rings. The molecule has 0 aromatic heterocycles. The Bertz CT molecular complexity index is 2370. The maximum absolute atomic E-state index is 7.15. The number of hydrogen-bond acceptors (Lipinski definition) is 4. The number of allylic oxidation sites excluding steroid dienone is 4. The number of rotatable bonds is 5. The molecule has 0 radical (unpaired) electrons. The van der Waals surface area contributed by atoms with E-state index in [0.29, 0.717) is 0 Å². The number of para-hydroxylation sites is 3. The molecule has 0 saturated heterocycles. The van der Waals surface area contributed by atoms with E-state index in [1.807, 2.05) is 18.3 Å². The average molecular weight is 661 g/mol. The smallest absolute Gasteiger partial charge is 0.136 e. The Morgan fingerprint density at radius 3 is 2.12 bits per heavy atom. The van der Waals surface area contributed by atoms with Crippen LogP contribution in [0.25, 0.3) is 44.5 Å². The fourth-order valence-corrected chi connectivity index (χ4v) is 7.19. The van der Waals surface area contributed by atoms with Crippen LogP contribution in [-0.4, -0.2) is 12.6 Å². The van der Waals surface area contributed by atoms with Crippen LogP contribution >= 0.6 is 0 Å². The lowest BCUT2D eigenvalue weighted by Crippen LogP contribution is -2.20. The lowest BCUT2D eigenvalue weighted by atomic mass is 9.91. The van der Waals surface area contributed by atoms with E-state index in [4.69, 9.17) is 9.47 Å². The Morgan fingerprint density at radius 1 is 0.588 bits per heavy atom. The van der Waals surface area contributed by atoms with Crippen molar-refractivity contribution in [3.8, 4) is 50.6 Å². The van der Waals surface area contributed by atoms with E-state index in [-0.39, 0.29) is 6.10 Å². The molecular weight excluding hydrogens is 625 g/mol. The molecule has 2 N–H and O–H groups in total. The van der Waals surface area contributed by atoms with Crippen LogP contribution in [0.5, 0.6) is 17.2 Å². The molecular formula is C47H36N2O2. The van der Waals surface area contributed by atoms with Crippen LogP contribution in [0.15, 0.2) is 176 Å². The molecule has 2 aliphatic heterocycles. The van der Waals surface area contributed by atoms with Gasteiger partial charge in [-0.05, 0) is 77.0 Å². The van der Waals surface area contributed by atoms with E-state index in [1.54, 1.807) is 0 Å². The number of nitrogens with one attached hydrogen (secondary N) is 2. The van der Waals surface area contributed by atoms with Gasteiger partial charge in [-0.25, -0.2) is 0 Å². The normalized spacial score (nSPS) is 15.6. The Balaban J connectivity index is 1.24. The quantitative estimate of drug-likeness (QED) is 0.193. The van der Waals surface area contributed by atoms with E-state index in [1.165, 1.54) is 0 Å². The highest BCUT2D eigenvalue weighted by Crippen LogP contribution is 2.47. The summed E-state index contributed by atoms with van der Waals surface area (Å²) in [6.45, 7) is 0.793. The topological polar surface area (TPSA) is 42.5 Å². The summed E-state index contributed by atoms with van der Waals surface area (Å²) in [7, 11) is 0. The third-order valence-corrected chi connectivity index (χ3v) is 9.71. The first kappa shape index (κ1) is 30.5. The first-order valence-electron chi connectivity index (χ1n) is 17.5. The summed E-state index contributed by atoms with van der Waals surface area (Å²) in [5.74, 6) is 2.41. The molecule has 3 aliphatic rings. The highest BCUT2D eigenvalue weighted by atomic mass is 16.5. The van der Waals surface area contributed by atoms with Crippen LogP contribution in [0.4, 0.5) is 11.4 Å². The highest BCUT2D eigenvalue weighted by molar-refractivity contribution is 5.94. The number of hydrogen-bond donors (Lipinski definition) is 2. The molecule has 0 saturated carbocycles. The van der Waals surface area contributed by atoms with E-state index in [0.717, 1.165) is 97.2 Å². The van der Waals surface area contributed by atoms with Gasteiger partial charge in [-0.15, -0.1) is 0 Å². The number of ether oxygens (including phenoxy) is 2. The van der Waals surface area contributed by atoms with Crippen molar-refractivity contribution >= 4 is 22.5 Å². The minimum absolute atomic E-state index is 0.183. The molecule has 4 heteroatoms. The van der Waals surface area contributed by atoms with Gasteiger partial charge < -0.3 is 20.1 Å². The van der Waals surface area contributed by atoms with Crippen molar-refractivity contribution < 1.29 is 9.47 Å². The Hall–Kier alpha value is -6.52. The monoisotopic (exact) mass is 660 g/mol. The van der Waals surface area contributed by atoms with E-state index in [9.17, 15) is 0 Å². The molecule has 1 unspecified atom stereocenters. The third kappa shape index (κ3) is 6.02. The zero-order valence-corrected chi connectivity index (χ0v) is 28.1. The second-order valence-electron chi connectivity index (χ2n) is 12.9. The molecule has 2 heterocycles. The SMILES string of the molecule is C1=CCC2Oc3cc(-c4cccc(-c5ccccc5)c4Nc4ccccc4)ccc3-c3ccc(C4=CCNC=C4)cc3Oc3ccccc3C2=C1. The van der Waals surface area contributed by atoms with E-state index >= 15 is 0 Å². The van der Waals surface area contributed by atoms with Crippen LogP contribution < -0.4 is 20.1 Å². The minimum Gasteiger partial charge on any atom is -0.485 e. The molecule has 6 aromatic carbocycles. The van der Waals surface area contributed by atoms with Gasteiger partial charge in [0.25, 0.3) is 0 Å². The van der Waals surface area contributed by atoms with Crippen molar-refractivity contribution in [3.63, 3.8) is 0 Å². The first-order chi connectivity index (χ1) is 25.3. The molecule has 246 valence electrons. The van der Waals surface area contributed by atoms with E-state index in [2.05, 4.69) is 168 Å². The largest absolute Gasteiger partial charge is 0.485 e. The van der Waals surface area contributed by atoms with Crippen molar-refractivity contribution in [2.45, 2.75) is 12.5 Å².